The first-order valence-corrected chi connectivity index (χ1v) is 5.04. The van der Waals surface area contributed by atoms with Crippen LogP contribution in [0.15, 0.2) is 24.5 Å². The number of aromatic nitrogens is 1. The fourth-order valence-corrected chi connectivity index (χ4v) is 1.28. The molecule has 17 heavy (non-hydrogen) atoms. The van der Waals surface area contributed by atoms with Crippen molar-refractivity contribution in [2.75, 3.05) is 6.54 Å². The van der Waals surface area contributed by atoms with E-state index in [2.05, 4.69) is 10.3 Å². The molecule has 92 valence electrons. The van der Waals surface area contributed by atoms with Crippen LogP contribution < -0.4 is 5.32 Å². The molecule has 1 aromatic rings. The van der Waals surface area contributed by atoms with Gasteiger partial charge in [-0.2, -0.15) is 18.4 Å². The highest BCUT2D eigenvalue weighted by molar-refractivity contribution is 5.12. The van der Waals surface area contributed by atoms with Crippen molar-refractivity contribution in [3.05, 3.63) is 30.1 Å². The van der Waals surface area contributed by atoms with Gasteiger partial charge in [0.15, 0.2) is 5.92 Å². The molecular formula is C11H12F3N3. The van der Waals surface area contributed by atoms with Gasteiger partial charge in [-0.15, -0.1) is 0 Å². The number of hydrogen-bond acceptors (Lipinski definition) is 3. The topological polar surface area (TPSA) is 48.7 Å². The molecule has 1 aromatic heterocycles. The lowest BCUT2D eigenvalue weighted by Gasteiger charge is -2.18. The Bertz CT molecular complexity index is 383. The van der Waals surface area contributed by atoms with Crippen LogP contribution in [0, 0.1) is 17.2 Å². The molecule has 2 atom stereocenters. The lowest BCUT2D eigenvalue weighted by Crippen LogP contribution is -2.33. The lowest BCUT2D eigenvalue weighted by molar-refractivity contribution is -0.157. The number of pyridine rings is 1. The predicted octanol–water partition coefficient (Wildman–Crippen LogP) is 2.43. The summed E-state index contributed by atoms with van der Waals surface area (Å²) in [6.07, 6.45) is -1.33. The molecule has 0 radical (unpaired) electrons. The molecule has 0 fully saturated rings. The van der Waals surface area contributed by atoms with Crippen LogP contribution >= 0.6 is 0 Å². The van der Waals surface area contributed by atoms with Gasteiger partial charge in [0.2, 0.25) is 0 Å². The van der Waals surface area contributed by atoms with Crippen LogP contribution in [0.4, 0.5) is 13.2 Å². The number of nitriles is 1. The Labute approximate surface area is 97.3 Å². The van der Waals surface area contributed by atoms with Crippen LogP contribution in [0.1, 0.15) is 18.5 Å². The number of nitrogens with one attached hydrogen (secondary N) is 1. The van der Waals surface area contributed by atoms with E-state index in [1.54, 1.807) is 31.5 Å². The maximum Gasteiger partial charge on any atom is 0.405 e. The molecule has 0 bridgehead atoms. The first-order chi connectivity index (χ1) is 7.95. The molecule has 0 saturated heterocycles. The van der Waals surface area contributed by atoms with Crippen molar-refractivity contribution in [1.29, 1.82) is 5.26 Å². The summed E-state index contributed by atoms with van der Waals surface area (Å²) in [5.74, 6) is -1.98. The summed E-state index contributed by atoms with van der Waals surface area (Å²) in [6, 6.07) is 4.44. The van der Waals surface area contributed by atoms with Crippen molar-refractivity contribution in [3.8, 4) is 6.07 Å². The molecule has 1 unspecified atom stereocenters. The van der Waals surface area contributed by atoms with E-state index in [0.717, 1.165) is 5.56 Å². The highest BCUT2D eigenvalue weighted by atomic mass is 19.4. The van der Waals surface area contributed by atoms with Gasteiger partial charge >= 0.3 is 6.18 Å². The van der Waals surface area contributed by atoms with Crippen LogP contribution in [0.25, 0.3) is 0 Å². The third kappa shape index (κ3) is 4.04. The number of nitrogens with zero attached hydrogens (tertiary/aromatic N) is 2. The van der Waals surface area contributed by atoms with Gasteiger partial charge in [-0.05, 0) is 18.6 Å². The second-order valence-corrected chi connectivity index (χ2v) is 3.64. The van der Waals surface area contributed by atoms with Crippen LogP contribution in [-0.4, -0.2) is 17.7 Å². The standard InChI is InChI=1S/C11H12F3N3/c1-8(9-3-2-4-16-6-9)17-7-10(5-15)11(12,13)14/h2-4,6,8,10,17H,7H2,1H3/t8-,10?/m0/s1. The van der Waals surface area contributed by atoms with E-state index in [1.165, 1.54) is 6.07 Å². The summed E-state index contributed by atoms with van der Waals surface area (Å²) in [7, 11) is 0. The van der Waals surface area contributed by atoms with E-state index in [4.69, 9.17) is 5.26 Å². The maximum absolute atomic E-state index is 12.3. The monoisotopic (exact) mass is 243 g/mol. The molecule has 0 amide bonds. The number of halogens is 3. The fraction of sp³-hybridized carbons (Fsp3) is 0.455. The molecule has 6 heteroatoms. The first-order valence-electron chi connectivity index (χ1n) is 5.04. The van der Waals surface area contributed by atoms with E-state index in [9.17, 15) is 13.2 Å². The molecule has 1 heterocycles. The molecule has 0 aliphatic rings. The summed E-state index contributed by atoms with van der Waals surface area (Å²) >= 11 is 0. The average molecular weight is 243 g/mol. The third-order valence-electron chi connectivity index (χ3n) is 2.36. The first kappa shape index (κ1) is 13.5. The normalized spacial score (nSPS) is 15.0. The number of hydrogen-bond donors (Lipinski definition) is 1. The van der Waals surface area contributed by atoms with E-state index < -0.39 is 18.6 Å². The van der Waals surface area contributed by atoms with Crippen LogP contribution in [0.2, 0.25) is 0 Å². The third-order valence-corrected chi connectivity index (χ3v) is 2.36. The van der Waals surface area contributed by atoms with Gasteiger partial charge in [-0.3, -0.25) is 4.98 Å². The van der Waals surface area contributed by atoms with Crippen LogP contribution in [-0.2, 0) is 0 Å². The van der Waals surface area contributed by atoms with Gasteiger partial charge in [0.1, 0.15) is 0 Å². The van der Waals surface area contributed by atoms with Gasteiger partial charge in [0.05, 0.1) is 6.07 Å². The smallest absolute Gasteiger partial charge is 0.308 e. The quantitative estimate of drug-likeness (QED) is 0.883. The fourth-order valence-electron chi connectivity index (χ4n) is 1.28. The van der Waals surface area contributed by atoms with E-state index in [-0.39, 0.29) is 6.04 Å². The Balaban J connectivity index is 2.54. The molecule has 0 spiro atoms. The van der Waals surface area contributed by atoms with Gasteiger partial charge in [-0.1, -0.05) is 6.07 Å². The summed E-state index contributed by atoms with van der Waals surface area (Å²) in [5, 5.41) is 11.1. The minimum atomic E-state index is -4.49. The SMILES string of the molecule is C[C@H](NCC(C#N)C(F)(F)F)c1cccnc1. The van der Waals surface area contributed by atoms with Crippen molar-refractivity contribution in [1.82, 2.24) is 10.3 Å². The highest BCUT2D eigenvalue weighted by Gasteiger charge is 2.39. The maximum atomic E-state index is 12.3. The summed E-state index contributed by atoms with van der Waals surface area (Å²) in [5.41, 5.74) is 0.784. The molecule has 0 aromatic carbocycles. The molecule has 0 aliphatic heterocycles. The Morgan fingerprint density at radius 3 is 2.71 bits per heavy atom. The molecule has 1 rings (SSSR count). The van der Waals surface area contributed by atoms with E-state index in [1.807, 2.05) is 0 Å². The van der Waals surface area contributed by atoms with E-state index in [0.29, 0.717) is 0 Å². The minimum absolute atomic E-state index is 0.276. The minimum Gasteiger partial charge on any atom is -0.308 e. The van der Waals surface area contributed by atoms with Crippen LogP contribution in [0.5, 0.6) is 0 Å². The number of rotatable bonds is 4. The van der Waals surface area contributed by atoms with Gasteiger partial charge in [-0.25, -0.2) is 0 Å². The molecule has 3 nitrogen and oxygen atoms in total. The average Bonchev–Trinajstić information content (AvgIpc) is 2.29. The molecule has 0 saturated carbocycles. The zero-order chi connectivity index (χ0) is 12.9. The van der Waals surface area contributed by atoms with Crippen molar-refractivity contribution in [3.63, 3.8) is 0 Å². The second kappa shape index (κ2) is 5.64. The molecule has 1 N–H and O–H groups in total. The van der Waals surface area contributed by atoms with Gasteiger partial charge in [0, 0.05) is 25.0 Å². The van der Waals surface area contributed by atoms with Crippen LogP contribution in [0.3, 0.4) is 0 Å². The summed E-state index contributed by atoms with van der Waals surface area (Å²) in [6.45, 7) is 1.30. The Kier molecular flexibility index (Phi) is 4.46. The summed E-state index contributed by atoms with van der Waals surface area (Å²) in [4.78, 5) is 3.87. The molecule has 0 aliphatic carbocycles. The molecular weight excluding hydrogens is 231 g/mol. The Hall–Kier alpha value is -1.61. The zero-order valence-corrected chi connectivity index (χ0v) is 9.20. The largest absolute Gasteiger partial charge is 0.405 e. The van der Waals surface area contributed by atoms with Crippen molar-refractivity contribution < 1.29 is 13.2 Å². The van der Waals surface area contributed by atoms with Crippen molar-refractivity contribution in [2.24, 2.45) is 5.92 Å². The highest BCUT2D eigenvalue weighted by Crippen LogP contribution is 2.25. The lowest BCUT2D eigenvalue weighted by atomic mass is 10.1. The van der Waals surface area contributed by atoms with E-state index >= 15 is 0 Å². The van der Waals surface area contributed by atoms with Crippen molar-refractivity contribution in [2.45, 2.75) is 19.1 Å². The van der Waals surface area contributed by atoms with Gasteiger partial charge < -0.3 is 5.32 Å². The Morgan fingerprint density at radius 2 is 2.24 bits per heavy atom. The van der Waals surface area contributed by atoms with Crippen molar-refractivity contribution >= 4 is 0 Å². The van der Waals surface area contributed by atoms with Gasteiger partial charge in [0.25, 0.3) is 0 Å². The summed E-state index contributed by atoms with van der Waals surface area (Å²) < 4.78 is 36.9. The number of alkyl halides is 3. The Morgan fingerprint density at radius 1 is 1.53 bits per heavy atom. The zero-order valence-electron chi connectivity index (χ0n) is 9.20. The predicted molar refractivity (Wildman–Crippen MR) is 55.8 cm³/mol. The second-order valence-electron chi connectivity index (χ2n) is 3.64.